The summed E-state index contributed by atoms with van der Waals surface area (Å²) in [6.07, 6.45) is 4.88. The summed E-state index contributed by atoms with van der Waals surface area (Å²) in [5.74, 6) is -1.27. The van der Waals surface area contributed by atoms with Crippen LogP contribution in [0.5, 0.6) is 0 Å². The predicted octanol–water partition coefficient (Wildman–Crippen LogP) is 1.16. The molecule has 1 rings (SSSR count). The summed E-state index contributed by atoms with van der Waals surface area (Å²) in [6.45, 7) is 2.62. The topological polar surface area (TPSA) is 90.0 Å². The van der Waals surface area contributed by atoms with Crippen molar-refractivity contribution in [2.45, 2.75) is 57.9 Å². The molecule has 0 saturated carbocycles. The first-order valence-electron chi connectivity index (χ1n) is 8.36. The first-order valence-corrected chi connectivity index (χ1v) is 8.36. The van der Waals surface area contributed by atoms with E-state index in [1.165, 1.54) is 4.90 Å². The summed E-state index contributed by atoms with van der Waals surface area (Å²) in [6, 6.07) is -0.427. The molecule has 1 aliphatic heterocycles. The first-order chi connectivity index (χ1) is 10.9. The van der Waals surface area contributed by atoms with Crippen LogP contribution in [0.3, 0.4) is 0 Å². The maximum absolute atomic E-state index is 12.8. The predicted molar refractivity (Wildman–Crippen MR) is 85.6 cm³/mol. The van der Waals surface area contributed by atoms with E-state index in [1.807, 2.05) is 0 Å². The Balaban J connectivity index is 2.80. The SMILES string of the molecule is CCCCC[C@H](CC(=O)NO)C(=O)N1CCC[C@H]1C(=O)N(C)C. The van der Waals surface area contributed by atoms with E-state index in [0.29, 0.717) is 19.4 Å². The zero-order chi connectivity index (χ0) is 17.4. The highest BCUT2D eigenvalue weighted by Gasteiger charge is 2.38. The summed E-state index contributed by atoms with van der Waals surface area (Å²) in [4.78, 5) is 39.7. The molecule has 7 nitrogen and oxygen atoms in total. The first kappa shape index (κ1) is 19.4. The largest absolute Gasteiger partial charge is 0.347 e. The highest BCUT2D eigenvalue weighted by atomic mass is 16.5. The van der Waals surface area contributed by atoms with Crippen LogP contribution in [0.25, 0.3) is 0 Å². The number of hydrogen-bond donors (Lipinski definition) is 2. The lowest BCUT2D eigenvalue weighted by Crippen LogP contribution is -2.48. The van der Waals surface area contributed by atoms with Crippen LogP contribution in [0, 0.1) is 5.92 Å². The van der Waals surface area contributed by atoms with Crippen molar-refractivity contribution in [2.24, 2.45) is 5.92 Å². The van der Waals surface area contributed by atoms with Crippen LogP contribution < -0.4 is 5.48 Å². The van der Waals surface area contributed by atoms with E-state index < -0.39 is 17.9 Å². The van der Waals surface area contributed by atoms with Gasteiger partial charge in [0.25, 0.3) is 0 Å². The molecule has 0 aromatic rings. The summed E-state index contributed by atoms with van der Waals surface area (Å²) in [5, 5.41) is 8.73. The van der Waals surface area contributed by atoms with Gasteiger partial charge in [0.15, 0.2) is 0 Å². The molecule has 7 heteroatoms. The Morgan fingerprint density at radius 3 is 2.57 bits per heavy atom. The zero-order valence-electron chi connectivity index (χ0n) is 14.4. The molecular formula is C16H29N3O4. The van der Waals surface area contributed by atoms with Crippen LogP contribution >= 0.6 is 0 Å². The third-order valence-corrected chi connectivity index (χ3v) is 4.32. The minimum Gasteiger partial charge on any atom is -0.347 e. The molecule has 0 spiro atoms. The molecule has 0 aliphatic carbocycles. The minimum absolute atomic E-state index is 0.0432. The van der Waals surface area contributed by atoms with E-state index in [9.17, 15) is 14.4 Å². The molecule has 0 unspecified atom stereocenters. The standard InChI is InChI=1S/C16H29N3O4/c1-4-5-6-8-12(11-14(20)17-23)15(21)19-10-7-9-13(19)16(22)18(2)3/h12-13,23H,4-11H2,1-3H3,(H,17,20)/t12-,13+/m1/s1. The van der Waals surface area contributed by atoms with Gasteiger partial charge in [-0.1, -0.05) is 26.2 Å². The van der Waals surface area contributed by atoms with Crippen molar-refractivity contribution in [1.82, 2.24) is 15.3 Å². The van der Waals surface area contributed by atoms with Crippen molar-refractivity contribution in [3.8, 4) is 0 Å². The van der Waals surface area contributed by atoms with Gasteiger partial charge in [0.2, 0.25) is 17.7 Å². The lowest BCUT2D eigenvalue weighted by atomic mass is 9.95. The third kappa shape index (κ3) is 5.49. The Morgan fingerprint density at radius 2 is 2.00 bits per heavy atom. The van der Waals surface area contributed by atoms with E-state index in [-0.39, 0.29) is 18.2 Å². The maximum Gasteiger partial charge on any atom is 0.244 e. The number of nitrogens with one attached hydrogen (secondary N) is 1. The molecule has 23 heavy (non-hydrogen) atoms. The minimum atomic E-state index is -0.561. The second-order valence-corrected chi connectivity index (χ2v) is 6.35. The van der Waals surface area contributed by atoms with Gasteiger partial charge in [-0.3, -0.25) is 19.6 Å². The molecule has 0 aromatic carbocycles. The Labute approximate surface area is 138 Å². The van der Waals surface area contributed by atoms with Gasteiger partial charge in [-0.2, -0.15) is 0 Å². The van der Waals surface area contributed by atoms with Crippen molar-refractivity contribution in [3.63, 3.8) is 0 Å². The van der Waals surface area contributed by atoms with Crippen molar-refractivity contribution in [2.75, 3.05) is 20.6 Å². The third-order valence-electron chi connectivity index (χ3n) is 4.32. The second kappa shape index (κ2) is 9.50. The molecule has 0 radical (unpaired) electrons. The second-order valence-electron chi connectivity index (χ2n) is 6.35. The Morgan fingerprint density at radius 1 is 1.30 bits per heavy atom. The molecule has 1 fully saturated rings. The normalized spacial score (nSPS) is 18.6. The zero-order valence-corrected chi connectivity index (χ0v) is 14.4. The number of carbonyl (C=O) groups is 3. The molecule has 2 N–H and O–H groups in total. The van der Waals surface area contributed by atoms with Gasteiger partial charge in [-0.25, -0.2) is 5.48 Å². The Bertz CT molecular complexity index is 426. The van der Waals surface area contributed by atoms with Crippen molar-refractivity contribution < 1.29 is 19.6 Å². The number of hydrogen-bond acceptors (Lipinski definition) is 4. The summed E-state index contributed by atoms with van der Waals surface area (Å²) in [7, 11) is 3.36. The number of likely N-dealkylation sites (N-methyl/N-ethyl adjacent to an activating group) is 1. The van der Waals surface area contributed by atoms with Crippen LogP contribution in [0.4, 0.5) is 0 Å². The molecule has 0 aromatic heterocycles. The van der Waals surface area contributed by atoms with Crippen molar-refractivity contribution >= 4 is 17.7 Å². The van der Waals surface area contributed by atoms with Gasteiger partial charge in [-0.15, -0.1) is 0 Å². The molecular weight excluding hydrogens is 298 g/mol. The van der Waals surface area contributed by atoms with Gasteiger partial charge in [-0.05, 0) is 19.3 Å². The lowest BCUT2D eigenvalue weighted by molar-refractivity contribution is -0.146. The van der Waals surface area contributed by atoms with Crippen LogP contribution in [-0.4, -0.2) is 59.4 Å². The van der Waals surface area contributed by atoms with E-state index in [4.69, 9.17) is 5.21 Å². The Kier molecular flexibility index (Phi) is 8.02. The maximum atomic E-state index is 12.8. The molecule has 3 amide bonds. The summed E-state index contributed by atoms with van der Waals surface area (Å²) >= 11 is 0. The van der Waals surface area contributed by atoms with E-state index in [1.54, 1.807) is 24.5 Å². The molecule has 0 bridgehead atoms. The fourth-order valence-electron chi connectivity index (χ4n) is 3.04. The number of likely N-dealkylation sites (tertiary alicyclic amines) is 1. The number of nitrogens with zero attached hydrogens (tertiary/aromatic N) is 2. The molecule has 1 heterocycles. The summed E-state index contributed by atoms with van der Waals surface area (Å²) in [5.41, 5.74) is 1.60. The van der Waals surface area contributed by atoms with Crippen LogP contribution in [0.15, 0.2) is 0 Å². The Hall–Kier alpha value is -1.63. The number of carbonyl (C=O) groups excluding carboxylic acids is 3. The highest BCUT2D eigenvalue weighted by molar-refractivity contribution is 5.90. The average Bonchev–Trinajstić information content (AvgIpc) is 3.01. The number of amides is 3. The fourth-order valence-corrected chi connectivity index (χ4v) is 3.04. The number of rotatable bonds is 8. The molecule has 1 aliphatic rings. The van der Waals surface area contributed by atoms with Crippen LogP contribution in [0.1, 0.15) is 51.9 Å². The van der Waals surface area contributed by atoms with E-state index in [2.05, 4.69) is 6.92 Å². The molecule has 1 saturated heterocycles. The van der Waals surface area contributed by atoms with Crippen LogP contribution in [-0.2, 0) is 14.4 Å². The van der Waals surface area contributed by atoms with Gasteiger partial charge in [0.05, 0.1) is 0 Å². The molecule has 2 atom stereocenters. The highest BCUT2D eigenvalue weighted by Crippen LogP contribution is 2.25. The van der Waals surface area contributed by atoms with E-state index >= 15 is 0 Å². The van der Waals surface area contributed by atoms with Gasteiger partial charge >= 0.3 is 0 Å². The van der Waals surface area contributed by atoms with Gasteiger partial charge in [0.1, 0.15) is 6.04 Å². The summed E-state index contributed by atoms with van der Waals surface area (Å²) < 4.78 is 0. The smallest absolute Gasteiger partial charge is 0.244 e. The molecule has 132 valence electrons. The number of hydroxylamine groups is 1. The average molecular weight is 327 g/mol. The van der Waals surface area contributed by atoms with Crippen molar-refractivity contribution in [1.29, 1.82) is 0 Å². The lowest BCUT2D eigenvalue weighted by Gasteiger charge is -2.29. The van der Waals surface area contributed by atoms with Crippen LogP contribution in [0.2, 0.25) is 0 Å². The fraction of sp³-hybridized carbons (Fsp3) is 0.812. The van der Waals surface area contributed by atoms with Crippen molar-refractivity contribution in [3.05, 3.63) is 0 Å². The van der Waals surface area contributed by atoms with Gasteiger partial charge < -0.3 is 9.80 Å². The van der Waals surface area contributed by atoms with Gasteiger partial charge in [0, 0.05) is 33.0 Å². The quantitative estimate of drug-likeness (QED) is 0.398. The van der Waals surface area contributed by atoms with E-state index in [0.717, 1.165) is 25.7 Å². The number of unbranched alkanes of at least 4 members (excludes halogenated alkanes) is 2. The monoisotopic (exact) mass is 327 g/mol.